The Hall–Kier alpha value is -4.22. The molecule has 8 bridgehead atoms. The van der Waals surface area contributed by atoms with Crippen molar-refractivity contribution >= 4 is 70.3 Å². The molecule has 0 amide bonds. The summed E-state index contributed by atoms with van der Waals surface area (Å²) in [7, 11) is 1.28. The van der Waals surface area contributed by atoms with Crippen LogP contribution in [0, 0.1) is 61.2 Å². The van der Waals surface area contributed by atoms with E-state index < -0.39 is 11.9 Å². The van der Waals surface area contributed by atoms with Gasteiger partial charge in [-0.2, -0.15) is 22.8 Å². The zero-order chi connectivity index (χ0) is 47.3. The number of esters is 2. The summed E-state index contributed by atoms with van der Waals surface area (Å²) in [6.07, 6.45) is 20.3. The van der Waals surface area contributed by atoms with Crippen LogP contribution in [-0.2, 0) is 19.1 Å². The van der Waals surface area contributed by atoms with E-state index in [-0.39, 0.29) is 77.3 Å². The van der Waals surface area contributed by atoms with Gasteiger partial charge in [0.05, 0.1) is 7.11 Å². The summed E-state index contributed by atoms with van der Waals surface area (Å²) in [4.78, 5) is 51.5. The van der Waals surface area contributed by atoms with Gasteiger partial charge in [0, 0.05) is 17.5 Å². The maximum absolute atomic E-state index is 14.4. The summed E-state index contributed by atoms with van der Waals surface area (Å²) in [5, 5.41) is 21.1. The van der Waals surface area contributed by atoms with E-state index in [0.717, 1.165) is 48.1 Å². The van der Waals surface area contributed by atoms with E-state index >= 15 is 0 Å². The molecule has 354 valence electrons. The summed E-state index contributed by atoms with van der Waals surface area (Å²) in [6.45, 7) is 25.6. The molecule has 0 radical (unpaired) electrons. The summed E-state index contributed by atoms with van der Waals surface area (Å²) >= 11 is 0. The number of aromatic nitrogens is 2. The number of allylic oxidation sites excluding steroid dienone is 5. The van der Waals surface area contributed by atoms with Gasteiger partial charge < -0.3 is 35.2 Å². The number of fused-ring (bicyclic) bond motifs is 7. The molecule has 2 aromatic heterocycles. The first-order chi connectivity index (χ1) is 30.9. The average Bonchev–Trinajstić information content (AvgIpc) is 4.00. The van der Waals surface area contributed by atoms with E-state index in [1.165, 1.54) is 57.6 Å². The Kier molecular flexibility index (Phi) is 18.5. The topological polar surface area (TPSA) is 146 Å². The smallest absolute Gasteiger partial charge is 0.664 e. The Morgan fingerprint density at radius 2 is 1.41 bits per heavy atom. The first kappa shape index (κ1) is 52.7. The third kappa shape index (κ3) is 11.7. The van der Waals surface area contributed by atoms with Crippen LogP contribution in [0.2, 0.25) is 0 Å². The Morgan fingerprint density at radius 1 is 0.818 bits per heavy atom. The van der Waals surface area contributed by atoms with Gasteiger partial charge in [0.25, 0.3) is 0 Å². The fraction of sp³-hybridized carbons (Fsp3) is 0.582. The van der Waals surface area contributed by atoms with Gasteiger partial charge in [0.2, 0.25) is 0 Å². The van der Waals surface area contributed by atoms with Crippen molar-refractivity contribution in [2.24, 2.45) is 47.3 Å². The molecule has 66 heavy (non-hydrogen) atoms. The van der Waals surface area contributed by atoms with Crippen LogP contribution in [-0.4, -0.2) is 59.6 Å². The first-order valence-electron chi connectivity index (χ1n) is 24.4. The quantitative estimate of drug-likeness (QED) is 0.0454. The average molecular weight is 912 g/mol. The Morgan fingerprint density at radius 3 is 2.05 bits per heavy atom. The molecule has 0 spiro atoms. The molecule has 2 aromatic rings. The molecule has 0 aromatic carbocycles. The predicted octanol–water partition coefficient (Wildman–Crippen LogP) is 13.2. The van der Waals surface area contributed by atoms with Gasteiger partial charge >= 0.3 is 35.0 Å². The normalized spacial score (nSPS) is 25.5. The molecule has 2 fully saturated rings. The molecular formula is C55H74MgN4O6-2. The molecule has 1 N–H and O–H groups in total. The molecule has 7 atom stereocenters. The maximum Gasteiger partial charge on any atom is 2.00 e. The number of ether oxygens (including phenoxy) is 2. The minimum absolute atomic E-state index is 0. The van der Waals surface area contributed by atoms with Crippen LogP contribution in [0.5, 0.6) is 0 Å². The number of ketones is 1. The van der Waals surface area contributed by atoms with Gasteiger partial charge in [-0.05, 0) is 87.5 Å². The van der Waals surface area contributed by atoms with Crippen LogP contribution in [0.4, 0.5) is 0 Å². The molecule has 6 rings (SSSR count). The number of aliphatic hydroxyl groups is 1. The monoisotopic (exact) mass is 911 g/mol. The summed E-state index contributed by atoms with van der Waals surface area (Å²) in [5.74, 6) is -0.869. The van der Waals surface area contributed by atoms with Crippen LogP contribution in [0.3, 0.4) is 0 Å². The standard InChI is InChI=1S/C55H75N4O6.Mg/c1-13-39-34(7)41-29-46-48(38(11)60)36(9)43(57-46)27-42-35(8)40(52(58-42)50-51(55(63)64-12)54(62)49-37(10)44(59-53(49)50)28-45(39)56-41)23-24-47(61)65-26-25-33(6)22-16-21-32(5)20-15-19-31(4)18-14-17-30(2)3;/h25,27-32,34-35,39-40,51H,11,13-24,26H2,1-10,12H3,(H2-,58,59,60,62);/q-3;+2/p-1/b33-25+,41-29-,42-27-,45-28-;/t31-,32-,34+,35+,39-,40+,51-;/m1./s1. The second kappa shape index (κ2) is 23.2. The van der Waals surface area contributed by atoms with Crippen molar-refractivity contribution in [1.82, 2.24) is 9.97 Å². The summed E-state index contributed by atoms with van der Waals surface area (Å²) in [6, 6.07) is 0. The minimum Gasteiger partial charge on any atom is -0.664 e. The number of hydrogen-bond acceptors (Lipinski definition) is 6. The molecule has 0 unspecified atom stereocenters. The van der Waals surface area contributed by atoms with Crippen molar-refractivity contribution < 1.29 is 29.0 Å². The van der Waals surface area contributed by atoms with Gasteiger partial charge in [-0.25, -0.2) is 0 Å². The molecule has 11 heteroatoms. The Bertz CT molecular complexity index is 2280. The third-order valence-electron chi connectivity index (χ3n) is 14.7. The Labute approximate surface area is 411 Å². The molecule has 5 heterocycles. The molecule has 4 aliphatic rings. The van der Waals surface area contributed by atoms with E-state index in [1.54, 1.807) is 0 Å². The molecule has 3 aliphatic heterocycles. The zero-order valence-corrected chi connectivity index (χ0v) is 43.2. The van der Waals surface area contributed by atoms with E-state index in [4.69, 9.17) is 30.1 Å². The van der Waals surface area contributed by atoms with E-state index in [9.17, 15) is 19.5 Å². The minimum atomic E-state index is -1.25. The van der Waals surface area contributed by atoms with Crippen molar-refractivity contribution in [1.29, 1.82) is 0 Å². The number of methoxy groups -OCH3 is 1. The van der Waals surface area contributed by atoms with Crippen molar-refractivity contribution in [3.05, 3.63) is 96.7 Å². The zero-order valence-electron chi connectivity index (χ0n) is 41.8. The fourth-order valence-electron chi connectivity index (χ4n) is 10.5. The van der Waals surface area contributed by atoms with Gasteiger partial charge in [-0.3, -0.25) is 14.4 Å². The molecular weight excluding hydrogens is 837 g/mol. The van der Waals surface area contributed by atoms with Crippen LogP contribution in [0.25, 0.3) is 40.2 Å². The van der Waals surface area contributed by atoms with E-state index in [0.29, 0.717) is 68.8 Å². The molecule has 0 saturated carbocycles. The van der Waals surface area contributed by atoms with Crippen LogP contribution >= 0.6 is 0 Å². The second-order valence-corrected chi connectivity index (χ2v) is 20.1. The SMILES string of the molecule is C=C(O)c1c2[n-]c(c1C)/C=C1\[N-]/C(=C3\c4[n-]c(c(C)c4C(=O)[C@@H]3C(=O)OC)/C=C3\[N-]/C(=C\2)[C@@H](C)[C@H]3CC)[C@@H](CCC(=O)OC/C=C(\C)CCC[C@H](C)CCC[C@H](C)CCCC(C)C)[C@@H]1C.[Mg+2]. The van der Waals surface area contributed by atoms with Crippen LogP contribution < -0.4 is 9.97 Å². The van der Waals surface area contributed by atoms with Crippen molar-refractivity contribution in [3.63, 3.8) is 0 Å². The third-order valence-corrected chi connectivity index (χ3v) is 14.7. The molecule has 1 aliphatic carbocycles. The number of carbonyl (C=O) groups is 3. The summed E-state index contributed by atoms with van der Waals surface area (Å²) in [5.41, 5.74) is 9.10. The second-order valence-electron chi connectivity index (χ2n) is 20.1. The van der Waals surface area contributed by atoms with E-state index in [1.807, 2.05) is 45.1 Å². The van der Waals surface area contributed by atoms with Crippen molar-refractivity contribution in [3.8, 4) is 0 Å². The number of rotatable bonds is 20. The van der Waals surface area contributed by atoms with E-state index in [2.05, 4.69) is 55.0 Å². The van der Waals surface area contributed by atoms with Crippen molar-refractivity contribution in [2.45, 2.75) is 146 Å². The van der Waals surface area contributed by atoms with Gasteiger partial charge in [-0.1, -0.05) is 147 Å². The number of aliphatic hydroxyl groups excluding tert-OH is 1. The molecule has 10 nitrogen and oxygen atoms in total. The number of nitrogens with zero attached hydrogens (tertiary/aromatic N) is 4. The number of hydrogen-bond donors (Lipinski definition) is 1. The molecule has 2 saturated heterocycles. The summed E-state index contributed by atoms with van der Waals surface area (Å²) < 4.78 is 11.0. The largest absolute Gasteiger partial charge is 2.00 e. The van der Waals surface area contributed by atoms with Gasteiger partial charge in [-0.15, -0.1) is 22.8 Å². The maximum atomic E-state index is 14.4. The van der Waals surface area contributed by atoms with Crippen LogP contribution in [0.15, 0.2) is 41.0 Å². The van der Waals surface area contributed by atoms with Crippen LogP contribution in [0.1, 0.15) is 182 Å². The Balaban J connectivity index is 0.00000817. The van der Waals surface area contributed by atoms with Gasteiger partial charge in [0.15, 0.2) is 5.78 Å². The fourth-order valence-corrected chi connectivity index (χ4v) is 10.5. The van der Waals surface area contributed by atoms with Gasteiger partial charge in [0.1, 0.15) is 18.3 Å². The number of Topliss-reactive ketones (excluding diaryl/α,β-unsaturated/α-hetero) is 1. The first-order valence-corrected chi connectivity index (χ1v) is 24.4. The number of carbonyl (C=O) groups excluding carboxylic acids is 3. The van der Waals surface area contributed by atoms with Crippen molar-refractivity contribution in [2.75, 3.05) is 13.7 Å². The predicted molar refractivity (Wildman–Crippen MR) is 268 cm³/mol.